The molecule has 0 saturated heterocycles. The van der Waals surface area contributed by atoms with E-state index in [4.69, 9.17) is 10.3 Å². The van der Waals surface area contributed by atoms with Crippen LogP contribution < -0.4 is 5.73 Å². The fourth-order valence-corrected chi connectivity index (χ4v) is 1.85. The van der Waals surface area contributed by atoms with Crippen molar-refractivity contribution in [2.75, 3.05) is 0 Å². The van der Waals surface area contributed by atoms with Crippen molar-refractivity contribution in [2.45, 2.75) is 38.6 Å². The number of benzene rings is 1. The first-order chi connectivity index (χ1) is 8.88. The first-order valence-corrected chi connectivity index (χ1v) is 6.26. The molecule has 0 radical (unpaired) electrons. The molecule has 0 amide bonds. The normalized spacial score (nSPS) is 14.6. The highest BCUT2D eigenvalue weighted by Gasteiger charge is 2.28. The minimum Gasteiger partial charge on any atom is -0.339 e. The number of nitrogens with zero attached hydrogens (tertiary/aromatic N) is 2. The number of rotatable bonds is 4. The van der Waals surface area contributed by atoms with Crippen LogP contribution in [0.5, 0.6) is 0 Å². The van der Waals surface area contributed by atoms with Gasteiger partial charge in [0.2, 0.25) is 5.89 Å². The van der Waals surface area contributed by atoms with Gasteiger partial charge in [-0.3, -0.25) is 0 Å². The van der Waals surface area contributed by atoms with Gasteiger partial charge in [-0.05, 0) is 31.0 Å². The van der Waals surface area contributed by atoms with E-state index < -0.39 is 5.54 Å². The maximum atomic E-state index is 13.2. The van der Waals surface area contributed by atoms with E-state index in [1.807, 2.05) is 26.8 Å². The highest BCUT2D eigenvalue weighted by atomic mass is 19.1. The Balaban J connectivity index is 2.21. The summed E-state index contributed by atoms with van der Waals surface area (Å²) in [6.45, 7) is 5.75. The lowest BCUT2D eigenvalue weighted by Crippen LogP contribution is -2.36. The molecule has 102 valence electrons. The van der Waals surface area contributed by atoms with Crippen LogP contribution in [-0.4, -0.2) is 10.1 Å². The molecule has 1 aromatic carbocycles. The van der Waals surface area contributed by atoms with Gasteiger partial charge in [-0.1, -0.05) is 31.1 Å². The number of hydrogen-bond donors (Lipinski definition) is 1. The second-order valence-corrected chi connectivity index (χ2v) is 5.34. The molecule has 0 fully saturated rings. The molecule has 19 heavy (non-hydrogen) atoms. The molecule has 2 aromatic rings. The van der Waals surface area contributed by atoms with Crippen molar-refractivity contribution in [3.05, 3.63) is 47.4 Å². The summed E-state index contributed by atoms with van der Waals surface area (Å²) < 4.78 is 18.3. The van der Waals surface area contributed by atoms with Gasteiger partial charge in [-0.15, -0.1) is 0 Å². The zero-order valence-electron chi connectivity index (χ0n) is 11.4. The molecule has 0 aliphatic heterocycles. The minimum absolute atomic E-state index is 0.159. The zero-order valence-corrected chi connectivity index (χ0v) is 11.4. The molecule has 1 unspecified atom stereocenters. The smallest absolute Gasteiger partial charge is 0.229 e. The number of hydrogen-bond acceptors (Lipinski definition) is 4. The maximum Gasteiger partial charge on any atom is 0.229 e. The van der Waals surface area contributed by atoms with Gasteiger partial charge in [0.05, 0.1) is 5.54 Å². The van der Waals surface area contributed by atoms with Crippen molar-refractivity contribution in [3.8, 4) is 0 Å². The Morgan fingerprint density at radius 2 is 2.16 bits per heavy atom. The van der Waals surface area contributed by atoms with Crippen LogP contribution in [0.15, 0.2) is 28.8 Å². The minimum atomic E-state index is -0.787. The Morgan fingerprint density at radius 1 is 1.42 bits per heavy atom. The third kappa shape index (κ3) is 3.17. The van der Waals surface area contributed by atoms with Crippen molar-refractivity contribution >= 4 is 0 Å². The summed E-state index contributed by atoms with van der Waals surface area (Å²) in [7, 11) is 0. The molecule has 0 spiro atoms. The molecule has 2 rings (SSSR count). The van der Waals surface area contributed by atoms with E-state index in [2.05, 4.69) is 10.1 Å². The van der Waals surface area contributed by atoms with Crippen LogP contribution in [0, 0.1) is 5.82 Å². The summed E-state index contributed by atoms with van der Waals surface area (Å²) >= 11 is 0. The average Bonchev–Trinajstić information content (AvgIpc) is 2.78. The molecule has 0 aliphatic carbocycles. The van der Waals surface area contributed by atoms with Crippen LogP contribution in [0.3, 0.4) is 0 Å². The van der Waals surface area contributed by atoms with Crippen LogP contribution in [0.4, 0.5) is 4.39 Å². The lowest BCUT2D eigenvalue weighted by Gasteiger charge is -2.20. The first kappa shape index (κ1) is 13.7. The topological polar surface area (TPSA) is 64.9 Å². The maximum absolute atomic E-state index is 13.2. The van der Waals surface area contributed by atoms with Crippen molar-refractivity contribution < 1.29 is 8.91 Å². The van der Waals surface area contributed by atoms with E-state index in [-0.39, 0.29) is 11.7 Å². The summed E-state index contributed by atoms with van der Waals surface area (Å²) in [6.07, 6.45) is 0.446. The third-order valence-electron chi connectivity index (χ3n) is 2.91. The first-order valence-electron chi connectivity index (χ1n) is 6.26. The fourth-order valence-electron chi connectivity index (χ4n) is 1.85. The molecule has 1 heterocycles. The van der Waals surface area contributed by atoms with Crippen molar-refractivity contribution in [1.82, 2.24) is 10.1 Å². The molecular formula is C14H18FN3O. The second-order valence-electron chi connectivity index (χ2n) is 5.34. The predicted octanol–water partition coefficient (Wildman–Crippen LogP) is 2.75. The van der Waals surface area contributed by atoms with E-state index in [0.717, 1.165) is 5.56 Å². The molecule has 0 saturated carbocycles. The monoisotopic (exact) mass is 263 g/mol. The van der Waals surface area contributed by atoms with Gasteiger partial charge in [-0.25, -0.2) is 4.39 Å². The summed E-state index contributed by atoms with van der Waals surface area (Å²) in [6, 6.07) is 6.37. The van der Waals surface area contributed by atoms with E-state index in [0.29, 0.717) is 18.1 Å². The Morgan fingerprint density at radius 3 is 2.74 bits per heavy atom. The van der Waals surface area contributed by atoms with Crippen molar-refractivity contribution in [1.29, 1.82) is 0 Å². The Bertz CT molecular complexity index is 563. The van der Waals surface area contributed by atoms with Crippen LogP contribution in [-0.2, 0) is 12.0 Å². The summed E-state index contributed by atoms with van der Waals surface area (Å²) in [5.74, 6) is 0.891. The molecule has 1 aromatic heterocycles. The molecule has 0 aliphatic rings. The van der Waals surface area contributed by atoms with E-state index >= 15 is 0 Å². The molecule has 0 bridgehead atoms. The average molecular weight is 263 g/mol. The summed E-state index contributed by atoms with van der Waals surface area (Å²) in [5, 5.41) is 3.92. The number of aromatic nitrogens is 2. The Kier molecular flexibility index (Phi) is 3.66. The number of nitrogens with two attached hydrogens (primary N) is 1. The highest BCUT2D eigenvalue weighted by Crippen LogP contribution is 2.22. The summed E-state index contributed by atoms with van der Waals surface area (Å²) in [4.78, 5) is 4.30. The van der Waals surface area contributed by atoms with Gasteiger partial charge in [0, 0.05) is 5.92 Å². The van der Waals surface area contributed by atoms with E-state index in [1.165, 1.54) is 12.1 Å². The number of halogens is 1. The van der Waals surface area contributed by atoms with Gasteiger partial charge in [0.25, 0.3) is 0 Å². The molecular weight excluding hydrogens is 245 g/mol. The quantitative estimate of drug-likeness (QED) is 0.921. The lowest BCUT2D eigenvalue weighted by molar-refractivity contribution is 0.345. The van der Waals surface area contributed by atoms with Gasteiger partial charge in [0.15, 0.2) is 5.82 Å². The van der Waals surface area contributed by atoms with Crippen LogP contribution in [0.2, 0.25) is 0 Å². The SMILES string of the molecule is CC(C)c1nc(C(C)(N)Cc2cccc(F)c2)no1. The zero-order chi connectivity index (χ0) is 14.0. The lowest BCUT2D eigenvalue weighted by atomic mass is 9.93. The molecule has 2 N–H and O–H groups in total. The largest absolute Gasteiger partial charge is 0.339 e. The van der Waals surface area contributed by atoms with E-state index in [9.17, 15) is 4.39 Å². The van der Waals surface area contributed by atoms with Crippen LogP contribution >= 0.6 is 0 Å². The molecule has 5 heteroatoms. The highest BCUT2D eigenvalue weighted by molar-refractivity contribution is 5.20. The Hall–Kier alpha value is -1.75. The predicted molar refractivity (Wildman–Crippen MR) is 70.0 cm³/mol. The molecule has 4 nitrogen and oxygen atoms in total. The second kappa shape index (κ2) is 5.09. The van der Waals surface area contributed by atoms with Crippen LogP contribution in [0.1, 0.15) is 44.0 Å². The van der Waals surface area contributed by atoms with Gasteiger partial charge >= 0.3 is 0 Å². The van der Waals surface area contributed by atoms with Gasteiger partial charge in [-0.2, -0.15) is 4.98 Å². The van der Waals surface area contributed by atoms with Crippen LogP contribution in [0.25, 0.3) is 0 Å². The third-order valence-corrected chi connectivity index (χ3v) is 2.91. The Labute approximate surface area is 111 Å². The standard InChI is InChI=1S/C14H18FN3O/c1-9(2)12-17-13(18-19-12)14(3,16)8-10-5-4-6-11(15)7-10/h4-7,9H,8,16H2,1-3H3. The fraction of sp³-hybridized carbons (Fsp3) is 0.429. The van der Waals surface area contributed by atoms with Gasteiger partial charge < -0.3 is 10.3 Å². The van der Waals surface area contributed by atoms with Crippen molar-refractivity contribution in [3.63, 3.8) is 0 Å². The van der Waals surface area contributed by atoms with Gasteiger partial charge in [0.1, 0.15) is 5.82 Å². The van der Waals surface area contributed by atoms with Crippen molar-refractivity contribution in [2.24, 2.45) is 5.73 Å². The van der Waals surface area contributed by atoms with E-state index in [1.54, 1.807) is 6.07 Å². The summed E-state index contributed by atoms with van der Waals surface area (Å²) in [5.41, 5.74) is 6.25. The molecule has 1 atom stereocenters.